The van der Waals surface area contributed by atoms with Gasteiger partial charge in [-0.15, -0.1) is 0 Å². The first-order valence-electron chi connectivity index (χ1n) is 12.4. The smallest absolute Gasteiger partial charge is 0.0342 e. The van der Waals surface area contributed by atoms with Gasteiger partial charge in [-0.25, -0.2) is 0 Å². The van der Waals surface area contributed by atoms with Crippen LogP contribution in [-0.2, 0) is 0 Å². The topological polar surface area (TPSA) is 12.0 Å². The van der Waals surface area contributed by atoms with E-state index in [0.29, 0.717) is 11.5 Å². The van der Waals surface area contributed by atoms with Crippen molar-refractivity contribution < 1.29 is 0 Å². The Morgan fingerprint density at radius 3 is 2.50 bits per heavy atom. The standard InChI is InChI=1S/C27H41N/c1-18-9-11-22-20(17-18)10-12-24-23(22)15-16-27(3)25(13-14-26(24)27)19(2)28-21-7-5-4-6-8-21/h4-8,18-20,22-26,28H,9-17H2,1-3H3/t18-,19-,20+,22-,23?,24+,25?,26?,27+/m0/s1. The van der Waals surface area contributed by atoms with Crippen LogP contribution in [0, 0.1) is 46.8 Å². The van der Waals surface area contributed by atoms with Gasteiger partial charge in [-0.1, -0.05) is 38.5 Å². The molecule has 1 aromatic carbocycles. The van der Waals surface area contributed by atoms with E-state index in [0.717, 1.165) is 41.4 Å². The predicted octanol–water partition coefficient (Wildman–Crippen LogP) is 7.39. The van der Waals surface area contributed by atoms with Crippen LogP contribution >= 0.6 is 0 Å². The fraction of sp³-hybridized carbons (Fsp3) is 0.778. The van der Waals surface area contributed by atoms with Gasteiger partial charge in [0.25, 0.3) is 0 Å². The highest BCUT2D eigenvalue weighted by atomic mass is 14.9. The van der Waals surface area contributed by atoms with Crippen LogP contribution in [0.25, 0.3) is 0 Å². The largest absolute Gasteiger partial charge is 0.382 e. The highest BCUT2D eigenvalue weighted by Crippen LogP contribution is 2.65. The lowest BCUT2D eigenvalue weighted by molar-refractivity contribution is -0.0683. The van der Waals surface area contributed by atoms with Crippen molar-refractivity contribution in [2.24, 2.45) is 46.8 Å². The fourth-order valence-electron chi connectivity index (χ4n) is 8.85. The van der Waals surface area contributed by atoms with E-state index in [2.05, 4.69) is 56.4 Å². The summed E-state index contributed by atoms with van der Waals surface area (Å²) in [6.45, 7) is 7.64. The molecule has 28 heavy (non-hydrogen) atoms. The maximum atomic E-state index is 3.86. The van der Waals surface area contributed by atoms with Crippen molar-refractivity contribution in [1.82, 2.24) is 0 Å². The number of fused-ring (bicyclic) bond motifs is 5. The molecule has 3 unspecified atom stereocenters. The molecule has 0 amide bonds. The summed E-state index contributed by atoms with van der Waals surface area (Å²) in [5.74, 6) is 7.10. The number of anilines is 1. The monoisotopic (exact) mass is 379 g/mol. The van der Waals surface area contributed by atoms with Gasteiger partial charge in [-0.3, -0.25) is 0 Å². The summed E-state index contributed by atoms with van der Waals surface area (Å²) in [5.41, 5.74) is 1.87. The third-order valence-electron chi connectivity index (χ3n) is 10.1. The van der Waals surface area contributed by atoms with E-state index in [9.17, 15) is 0 Å². The maximum absolute atomic E-state index is 3.86. The van der Waals surface area contributed by atoms with Crippen molar-refractivity contribution in [3.63, 3.8) is 0 Å². The molecule has 0 saturated heterocycles. The third-order valence-corrected chi connectivity index (χ3v) is 10.1. The van der Waals surface area contributed by atoms with Crippen LogP contribution in [0.2, 0.25) is 0 Å². The number of nitrogens with one attached hydrogen (secondary N) is 1. The molecular weight excluding hydrogens is 338 g/mol. The Balaban J connectivity index is 1.31. The van der Waals surface area contributed by atoms with Crippen LogP contribution in [0.3, 0.4) is 0 Å². The van der Waals surface area contributed by atoms with Crippen molar-refractivity contribution in [2.45, 2.75) is 84.6 Å². The lowest BCUT2D eigenvalue weighted by Gasteiger charge is -2.56. The summed E-state index contributed by atoms with van der Waals surface area (Å²) >= 11 is 0. The lowest BCUT2D eigenvalue weighted by Crippen LogP contribution is -2.50. The van der Waals surface area contributed by atoms with Gasteiger partial charge in [0.05, 0.1) is 0 Å². The molecule has 0 radical (unpaired) electrons. The molecule has 1 aromatic rings. The second-order valence-electron chi connectivity index (χ2n) is 11.4. The molecule has 0 heterocycles. The molecule has 9 atom stereocenters. The van der Waals surface area contributed by atoms with E-state index in [1.807, 2.05) is 0 Å². The average molecular weight is 380 g/mol. The summed E-state index contributed by atoms with van der Waals surface area (Å²) in [6, 6.07) is 11.5. The van der Waals surface area contributed by atoms with Crippen molar-refractivity contribution in [3.05, 3.63) is 30.3 Å². The Kier molecular flexibility index (Phi) is 5.00. The van der Waals surface area contributed by atoms with Crippen LogP contribution in [0.4, 0.5) is 5.69 Å². The van der Waals surface area contributed by atoms with E-state index >= 15 is 0 Å². The molecule has 1 nitrogen and oxygen atoms in total. The van der Waals surface area contributed by atoms with Gasteiger partial charge in [0.2, 0.25) is 0 Å². The number of benzene rings is 1. The highest BCUT2D eigenvalue weighted by molar-refractivity contribution is 5.43. The second kappa shape index (κ2) is 7.37. The first-order chi connectivity index (χ1) is 13.6. The second-order valence-corrected chi connectivity index (χ2v) is 11.4. The van der Waals surface area contributed by atoms with E-state index in [1.54, 1.807) is 19.3 Å². The lowest BCUT2D eigenvalue weighted by atomic mass is 9.49. The van der Waals surface area contributed by atoms with Gasteiger partial charge < -0.3 is 5.32 Å². The number of rotatable bonds is 3. The van der Waals surface area contributed by atoms with Gasteiger partial charge >= 0.3 is 0 Å². The quantitative estimate of drug-likeness (QED) is 0.577. The van der Waals surface area contributed by atoms with Crippen LogP contribution in [0.1, 0.15) is 78.6 Å². The first-order valence-corrected chi connectivity index (χ1v) is 12.4. The number of hydrogen-bond donors (Lipinski definition) is 1. The Morgan fingerprint density at radius 2 is 1.68 bits per heavy atom. The molecule has 154 valence electrons. The highest BCUT2D eigenvalue weighted by Gasteiger charge is 2.57. The summed E-state index contributed by atoms with van der Waals surface area (Å²) < 4.78 is 0. The van der Waals surface area contributed by atoms with Crippen molar-refractivity contribution >= 4 is 5.69 Å². The normalized spacial score (nSPS) is 46.2. The van der Waals surface area contributed by atoms with Gasteiger partial charge in [0.1, 0.15) is 0 Å². The van der Waals surface area contributed by atoms with E-state index < -0.39 is 0 Å². The molecule has 1 N–H and O–H groups in total. The molecule has 0 spiro atoms. The van der Waals surface area contributed by atoms with Gasteiger partial charge in [-0.05, 0) is 117 Å². The molecule has 4 aliphatic carbocycles. The minimum Gasteiger partial charge on any atom is -0.382 e. The zero-order chi connectivity index (χ0) is 19.3. The van der Waals surface area contributed by atoms with Crippen molar-refractivity contribution in [3.8, 4) is 0 Å². The first kappa shape index (κ1) is 19.0. The fourth-order valence-corrected chi connectivity index (χ4v) is 8.85. The van der Waals surface area contributed by atoms with Gasteiger partial charge in [0, 0.05) is 11.7 Å². The Hall–Kier alpha value is -0.980. The minimum absolute atomic E-state index is 0.567. The van der Waals surface area contributed by atoms with Crippen molar-refractivity contribution in [2.75, 3.05) is 5.32 Å². The van der Waals surface area contributed by atoms with Crippen LogP contribution < -0.4 is 5.32 Å². The minimum atomic E-state index is 0.567. The molecule has 0 aliphatic heterocycles. The summed E-state index contributed by atoms with van der Waals surface area (Å²) in [6.07, 6.45) is 13.6. The number of para-hydroxylation sites is 1. The van der Waals surface area contributed by atoms with Crippen molar-refractivity contribution in [1.29, 1.82) is 0 Å². The van der Waals surface area contributed by atoms with Gasteiger partial charge in [0.15, 0.2) is 0 Å². The Bertz CT molecular complexity index is 668. The molecule has 5 rings (SSSR count). The molecule has 4 aliphatic rings. The molecule has 0 bridgehead atoms. The Morgan fingerprint density at radius 1 is 0.893 bits per heavy atom. The SMILES string of the molecule is C[C@H]1CC[C@@H]2C3CC[C@@]4(C)C(CCC4[C@H](C)Nc4ccccc4)[C@@H]3CC[C@@H]2C1. The molecule has 4 saturated carbocycles. The van der Waals surface area contributed by atoms with E-state index in [4.69, 9.17) is 0 Å². The molecule has 1 heteroatoms. The summed E-state index contributed by atoms with van der Waals surface area (Å²) in [5, 5.41) is 3.86. The number of hydrogen-bond acceptors (Lipinski definition) is 1. The van der Waals surface area contributed by atoms with Crippen LogP contribution in [0.5, 0.6) is 0 Å². The van der Waals surface area contributed by atoms with E-state index in [1.165, 1.54) is 44.2 Å². The van der Waals surface area contributed by atoms with Gasteiger partial charge in [-0.2, -0.15) is 0 Å². The zero-order valence-electron chi connectivity index (χ0n) is 18.4. The summed E-state index contributed by atoms with van der Waals surface area (Å²) in [4.78, 5) is 0. The Labute approximate surface area is 173 Å². The molecular formula is C27H41N. The third kappa shape index (κ3) is 3.12. The average Bonchev–Trinajstić information content (AvgIpc) is 3.05. The van der Waals surface area contributed by atoms with E-state index in [-0.39, 0.29) is 0 Å². The molecule has 4 fully saturated rings. The predicted molar refractivity (Wildman–Crippen MR) is 119 cm³/mol. The van der Waals surface area contributed by atoms with Crippen LogP contribution in [-0.4, -0.2) is 6.04 Å². The molecule has 0 aromatic heterocycles. The summed E-state index contributed by atoms with van der Waals surface area (Å²) in [7, 11) is 0. The zero-order valence-corrected chi connectivity index (χ0v) is 18.4. The maximum Gasteiger partial charge on any atom is 0.0342 e. The van der Waals surface area contributed by atoms with Crippen LogP contribution in [0.15, 0.2) is 30.3 Å².